The monoisotopic (exact) mass is 728 g/mol. The summed E-state index contributed by atoms with van der Waals surface area (Å²) in [5, 5.41) is 0. The standard InChI is InChI=1S/C33H60O15S/c1-32(2)47-30-28-45-26-24-43-22-20-41-18-16-39-14-12-37-10-8-36-9-11-38-13-15-40-17-19-42-21-23-44-25-27-46-29-31-48-49(34,35)33-6-4-3-5-7-33/h3-7,32H,8-31H2,1-2H3. The fraction of sp³-hybridized carbons (Fsp3) is 0.818. The highest BCUT2D eigenvalue weighted by atomic mass is 32.2. The molecule has 1 aromatic rings. The molecule has 0 heterocycles. The van der Waals surface area contributed by atoms with Gasteiger partial charge in [0.1, 0.15) is 0 Å². The summed E-state index contributed by atoms with van der Waals surface area (Å²) < 4.78 is 94.1. The summed E-state index contributed by atoms with van der Waals surface area (Å²) in [5.74, 6) is 0. The fourth-order valence-corrected chi connectivity index (χ4v) is 4.42. The van der Waals surface area contributed by atoms with Gasteiger partial charge in [-0.05, 0) is 26.0 Å². The van der Waals surface area contributed by atoms with Crippen LogP contribution in [0.1, 0.15) is 13.8 Å². The van der Waals surface area contributed by atoms with Crippen molar-refractivity contribution in [2.45, 2.75) is 24.8 Å². The van der Waals surface area contributed by atoms with Crippen LogP contribution < -0.4 is 0 Å². The first-order valence-corrected chi connectivity index (χ1v) is 18.3. The van der Waals surface area contributed by atoms with Crippen molar-refractivity contribution in [2.24, 2.45) is 0 Å². The molecular formula is C33H60O15S. The van der Waals surface area contributed by atoms with Gasteiger partial charge in [-0.1, -0.05) is 18.2 Å². The molecule has 1 rings (SSSR count). The van der Waals surface area contributed by atoms with Gasteiger partial charge in [0.15, 0.2) is 0 Å². The second-order valence-corrected chi connectivity index (χ2v) is 11.9. The average Bonchev–Trinajstić information content (AvgIpc) is 3.10. The topological polar surface area (TPSA) is 154 Å². The van der Waals surface area contributed by atoms with Gasteiger partial charge in [-0.25, -0.2) is 0 Å². The lowest BCUT2D eigenvalue weighted by Crippen LogP contribution is -2.16. The summed E-state index contributed by atoms with van der Waals surface area (Å²) in [4.78, 5) is 0.120. The second-order valence-electron chi connectivity index (χ2n) is 10.2. The maximum atomic E-state index is 12.0. The Morgan fingerprint density at radius 2 is 0.633 bits per heavy atom. The van der Waals surface area contributed by atoms with Gasteiger partial charge in [-0.3, -0.25) is 4.18 Å². The van der Waals surface area contributed by atoms with Crippen molar-refractivity contribution < 1.29 is 69.4 Å². The van der Waals surface area contributed by atoms with Crippen molar-refractivity contribution in [3.8, 4) is 0 Å². The van der Waals surface area contributed by atoms with E-state index in [0.29, 0.717) is 145 Å². The number of hydrogen-bond donors (Lipinski definition) is 0. The van der Waals surface area contributed by atoms with Gasteiger partial charge in [0.2, 0.25) is 0 Å². The van der Waals surface area contributed by atoms with Crippen LogP contribution in [0.25, 0.3) is 0 Å². The molecule has 0 N–H and O–H groups in total. The normalized spacial score (nSPS) is 12.0. The Labute approximate surface area is 293 Å². The van der Waals surface area contributed by atoms with Crippen molar-refractivity contribution in [1.82, 2.24) is 0 Å². The molecule has 49 heavy (non-hydrogen) atoms. The van der Waals surface area contributed by atoms with Crippen LogP contribution in [0, 0.1) is 0 Å². The zero-order chi connectivity index (χ0) is 35.4. The van der Waals surface area contributed by atoms with Gasteiger partial charge in [0, 0.05) is 0 Å². The van der Waals surface area contributed by atoms with E-state index >= 15 is 0 Å². The van der Waals surface area contributed by atoms with Crippen molar-refractivity contribution in [2.75, 3.05) is 159 Å². The number of ether oxygens (including phenoxy) is 12. The van der Waals surface area contributed by atoms with E-state index in [-0.39, 0.29) is 24.2 Å². The van der Waals surface area contributed by atoms with E-state index in [1.165, 1.54) is 12.1 Å². The molecule has 0 bridgehead atoms. The summed E-state index contributed by atoms with van der Waals surface area (Å²) in [5.41, 5.74) is 0. The highest BCUT2D eigenvalue weighted by molar-refractivity contribution is 7.86. The van der Waals surface area contributed by atoms with Crippen LogP contribution in [0.5, 0.6) is 0 Å². The van der Waals surface area contributed by atoms with Gasteiger partial charge in [-0.15, -0.1) is 0 Å². The van der Waals surface area contributed by atoms with Crippen LogP contribution in [-0.2, 0) is 71.1 Å². The van der Waals surface area contributed by atoms with Crippen LogP contribution in [0.3, 0.4) is 0 Å². The Hall–Kier alpha value is -1.35. The molecule has 0 atom stereocenters. The molecule has 0 saturated heterocycles. The zero-order valence-electron chi connectivity index (χ0n) is 29.5. The number of rotatable bonds is 39. The Kier molecular flexibility index (Phi) is 32.7. The molecule has 0 saturated carbocycles. The maximum Gasteiger partial charge on any atom is 0.297 e. The summed E-state index contributed by atoms with van der Waals surface area (Å²) in [6.45, 7) is 14.8. The first-order chi connectivity index (χ1) is 24.0. The van der Waals surface area contributed by atoms with Crippen LogP contribution in [0.4, 0.5) is 0 Å². The summed E-state index contributed by atoms with van der Waals surface area (Å²) >= 11 is 0. The molecule has 15 nitrogen and oxygen atoms in total. The van der Waals surface area contributed by atoms with Crippen LogP contribution in [0.2, 0.25) is 0 Å². The first kappa shape index (κ1) is 45.7. The van der Waals surface area contributed by atoms with Crippen LogP contribution in [-0.4, -0.2) is 173 Å². The summed E-state index contributed by atoms with van der Waals surface area (Å²) in [6.07, 6.45) is 0.224. The van der Waals surface area contributed by atoms with E-state index in [0.717, 1.165) is 0 Å². The molecule has 0 spiro atoms. The van der Waals surface area contributed by atoms with Crippen molar-refractivity contribution >= 4 is 10.1 Å². The second kappa shape index (κ2) is 35.1. The smallest absolute Gasteiger partial charge is 0.297 e. The van der Waals surface area contributed by atoms with Crippen LogP contribution in [0.15, 0.2) is 35.2 Å². The van der Waals surface area contributed by atoms with Gasteiger partial charge >= 0.3 is 0 Å². The molecule has 0 fully saturated rings. The van der Waals surface area contributed by atoms with Crippen LogP contribution >= 0.6 is 0 Å². The number of hydrogen-bond acceptors (Lipinski definition) is 15. The van der Waals surface area contributed by atoms with Crippen molar-refractivity contribution in [3.05, 3.63) is 30.3 Å². The minimum Gasteiger partial charge on any atom is -0.377 e. The molecule has 0 amide bonds. The Morgan fingerprint density at radius 3 is 0.898 bits per heavy atom. The third kappa shape index (κ3) is 32.3. The molecule has 288 valence electrons. The average molecular weight is 729 g/mol. The number of benzene rings is 1. The Morgan fingerprint density at radius 1 is 0.388 bits per heavy atom. The van der Waals surface area contributed by atoms with Crippen molar-refractivity contribution in [1.29, 1.82) is 0 Å². The summed E-state index contributed by atoms with van der Waals surface area (Å²) in [6, 6.07) is 7.98. The molecule has 0 aliphatic rings. The first-order valence-electron chi connectivity index (χ1n) is 16.9. The largest absolute Gasteiger partial charge is 0.377 e. The maximum absolute atomic E-state index is 12.0. The molecule has 0 radical (unpaired) electrons. The van der Waals surface area contributed by atoms with E-state index in [4.69, 9.17) is 61.0 Å². The van der Waals surface area contributed by atoms with E-state index in [1.54, 1.807) is 18.2 Å². The summed E-state index contributed by atoms with van der Waals surface area (Å²) in [7, 11) is -3.76. The predicted molar refractivity (Wildman–Crippen MR) is 180 cm³/mol. The predicted octanol–water partition coefficient (Wildman–Crippen LogP) is 2.00. The molecule has 0 aliphatic carbocycles. The molecular weight excluding hydrogens is 668 g/mol. The lowest BCUT2D eigenvalue weighted by atomic mass is 10.4. The Bertz CT molecular complexity index is 909. The third-order valence-corrected chi connectivity index (χ3v) is 7.22. The SMILES string of the molecule is CC(C)OCCOCCOCCOCCOCCOCCOCCOCCOCCOCCOCCOCCOS(=O)(=O)c1ccccc1. The molecule has 0 aromatic heterocycles. The molecule has 16 heteroatoms. The molecule has 0 aliphatic heterocycles. The van der Waals surface area contributed by atoms with Gasteiger partial charge < -0.3 is 56.8 Å². The molecule has 0 unspecified atom stereocenters. The minimum absolute atomic E-state index is 0.0594. The third-order valence-electron chi connectivity index (χ3n) is 5.90. The van der Waals surface area contributed by atoms with E-state index < -0.39 is 10.1 Å². The van der Waals surface area contributed by atoms with E-state index in [1.807, 2.05) is 13.8 Å². The quantitative estimate of drug-likeness (QED) is 0.0717. The lowest BCUT2D eigenvalue weighted by molar-refractivity contribution is -0.0294. The lowest BCUT2D eigenvalue weighted by Gasteiger charge is -2.09. The highest BCUT2D eigenvalue weighted by Gasteiger charge is 2.13. The van der Waals surface area contributed by atoms with Gasteiger partial charge in [-0.2, -0.15) is 8.42 Å². The van der Waals surface area contributed by atoms with Gasteiger partial charge in [0.25, 0.3) is 10.1 Å². The van der Waals surface area contributed by atoms with E-state index in [2.05, 4.69) is 0 Å². The van der Waals surface area contributed by atoms with Crippen molar-refractivity contribution in [3.63, 3.8) is 0 Å². The Balaban J connectivity index is 1.65. The highest BCUT2D eigenvalue weighted by Crippen LogP contribution is 2.10. The molecule has 1 aromatic carbocycles. The fourth-order valence-electron chi connectivity index (χ4n) is 3.50. The van der Waals surface area contributed by atoms with Gasteiger partial charge in [0.05, 0.1) is 170 Å². The minimum atomic E-state index is -3.76. The zero-order valence-corrected chi connectivity index (χ0v) is 30.3. The van der Waals surface area contributed by atoms with E-state index in [9.17, 15) is 8.42 Å².